The lowest BCUT2D eigenvalue weighted by atomic mass is 9.88. The Hall–Kier alpha value is -1.52. The number of halogens is 1. The maximum Gasteiger partial charge on any atom is 0.164 e. The maximum absolute atomic E-state index is 5.60. The molecule has 0 bridgehead atoms. The van der Waals surface area contributed by atoms with E-state index in [9.17, 15) is 0 Å². The zero-order valence-electron chi connectivity index (χ0n) is 13.1. The van der Waals surface area contributed by atoms with Gasteiger partial charge in [-0.2, -0.15) is 0 Å². The maximum atomic E-state index is 5.60. The zero-order valence-corrected chi connectivity index (χ0v) is 14.7. The second kappa shape index (κ2) is 6.31. The molecule has 3 nitrogen and oxygen atoms in total. The van der Waals surface area contributed by atoms with Crippen molar-refractivity contribution in [3.8, 4) is 11.5 Å². The van der Waals surface area contributed by atoms with Gasteiger partial charge in [0.15, 0.2) is 11.5 Å². The number of fused-ring (bicyclic) bond motifs is 1. The highest BCUT2D eigenvalue weighted by molar-refractivity contribution is 9.10. The number of hydrogen-bond acceptors (Lipinski definition) is 3. The van der Waals surface area contributed by atoms with Gasteiger partial charge in [-0.15, -0.1) is 0 Å². The van der Waals surface area contributed by atoms with Gasteiger partial charge in [-0.1, -0.05) is 28.1 Å². The lowest BCUT2D eigenvalue weighted by Gasteiger charge is -2.29. The van der Waals surface area contributed by atoms with Crippen LogP contribution in [-0.4, -0.2) is 20.8 Å². The molecule has 1 aliphatic rings. The van der Waals surface area contributed by atoms with E-state index >= 15 is 0 Å². The van der Waals surface area contributed by atoms with Gasteiger partial charge in [0, 0.05) is 16.6 Å². The Labute approximate surface area is 139 Å². The van der Waals surface area contributed by atoms with E-state index in [-0.39, 0.29) is 6.04 Å². The lowest BCUT2D eigenvalue weighted by molar-refractivity contribution is 0.348. The highest BCUT2D eigenvalue weighted by Gasteiger charge is 2.26. The molecule has 0 aliphatic carbocycles. The van der Waals surface area contributed by atoms with Gasteiger partial charge < -0.3 is 14.8 Å². The van der Waals surface area contributed by atoms with Crippen LogP contribution in [0.3, 0.4) is 0 Å². The largest absolute Gasteiger partial charge is 0.493 e. The van der Waals surface area contributed by atoms with E-state index in [2.05, 4.69) is 52.4 Å². The van der Waals surface area contributed by atoms with Crippen LogP contribution in [-0.2, 0) is 6.42 Å². The molecule has 1 heterocycles. The van der Waals surface area contributed by atoms with Crippen LogP contribution in [0.4, 0.5) is 0 Å². The van der Waals surface area contributed by atoms with Crippen molar-refractivity contribution < 1.29 is 9.47 Å². The predicted molar refractivity (Wildman–Crippen MR) is 92.0 cm³/mol. The molecule has 0 saturated carbocycles. The summed E-state index contributed by atoms with van der Waals surface area (Å²) in [5, 5.41) is 3.62. The summed E-state index contributed by atoms with van der Waals surface area (Å²) in [6.45, 7) is 3.04. The molecule has 4 heteroatoms. The summed E-state index contributed by atoms with van der Waals surface area (Å²) >= 11 is 3.60. The van der Waals surface area contributed by atoms with Crippen LogP contribution in [0.15, 0.2) is 34.8 Å². The van der Waals surface area contributed by atoms with Crippen LogP contribution < -0.4 is 14.8 Å². The molecule has 0 fully saturated rings. The van der Waals surface area contributed by atoms with Crippen molar-refractivity contribution >= 4 is 15.9 Å². The Balaban J connectivity index is 2.12. The standard InChI is InChI=1S/C18H20BrNO2/c1-11-8-12(10-13(19)9-11)17-14-4-5-16(21-2)18(22-3)15(14)6-7-20-17/h4-5,8-10,17,20H,6-7H2,1-3H3. The minimum atomic E-state index is 0.180. The molecule has 116 valence electrons. The van der Waals surface area contributed by atoms with E-state index in [0.29, 0.717) is 0 Å². The van der Waals surface area contributed by atoms with E-state index in [1.807, 2.05) is 6.07 Å². The van der Waals surface area contributed by atoms with Gasteiger partial charge in [0.25, 0.3) is 0 Å². The molecule has 0 amide bonds. The third-order valence-electron chi connectivity index (χ3n) is 4.12. The molecule has 1 unspecified atom stereocenters. The molecular weight excluding hydrogens is 342 g/mol. The highest BCUT2D eigenvalue weighted by Crippen LogP contribution is 2.40. The van der Waals surface area contributed by atoms with Crippen molar-refractivity contribution in [2.24, 2.45) is 0 Å². The van der Waals surface area contributed by atoms with Gasteiger partial charge in [-0.25, -0.2) is 0 Å². The van der Waals surface area contributed by atoms with Crippen molar-refractivity contribution in [2.45, 2.75) is 19.4 Å². The lowest BCUT2D eigenvalue weighted by Crippen LogP contribution is -2.31. The first-order valence-electron chi connectivity index (χ1n) is 7.38. The Morgan fingerprint density at radius 2 is 1.95 bits per heavy atom. The fourth-order valence-corrected chi connectivity index (χ4v) is 3.84. The van der Waals surface area contributed by atoms with E-state index in [0.717, 1.165) is 28.9 Å². The molecule has 2 aromatic rings. The van der Waals surface area contributed by atoms with Crippen LogP contribution in [0, 0.1) is 6.92 Å². The van der Waals surface area contributed by atoms with Crippen molar-refractivity contribution in [2.75, 3.05) is 20.8 Å². The molecule has 1 N–H and O–H groups in total. The second-order valence-corrected chi connectivity index (χ2v) is 6.48. The van der Waals surface area contributed by atoms with E-state index in [4.69, 9.17) is 9.47 Å². The SMILES string of the molecule is COc1ccc2c(c1OC)CCNC2c1cc(C)cc(Br)c1. The van der Waals surface area contributed by atoms with Gasteiger partial charge in [-0.3, -0.25) is 0 Å². The van der Waals surface area contributed by atoms with Crippen molar-refractivity contribution in [1.82, 2.24) is 5.32 Å². The van der Waals surface area contributed by atoms with E-state index in [1.165, 1.54) is 22.3 Å². The summed E-state index contributed by atoms with van der Waals surface area (Å²) < 4.78 is 12.1. The summed E-state index contributed by atoms with van der Waals surface area (Å²) in [5.74, 6) is 1.66. The summed E-state index contributed by atoms with van der Waals surface area (Å²) in [7, 11) is 3.39. The summed E-state index contributed by atoms with van der Waals surface area (Å²) in [4.78, 5) is 0. The number of nitrogens with one attached hydrogen (secondary N) is 1. The van der Waals surface area contributed by atoms with Gasteiger partial charge in [0.1, 0.15) is 0 Å². The minimum absolute atomic E-state index is 0.180. The molecule has 0 aromatic heterocycles. The normalized spacial score (nSPS) is 17.0. The smallest absolute Gasteiger partial charge is 0.164 e. The molecule has 0 saturated heterocycles. The van der Waals surface area contributed by atoms with Crippen molar-refractivity contribution in [1.29, 1.82) is 0 Å². The second-order valence-electron chi connectivity index (χ2n) is 5.57. The summed E-state index contributed by atoms with van der Waals surface area (Å²) in [5.41, 5.74) is 5.02. The monoisotopic (exact) mass is 361 g/mol. The van der Waals surface area contributed by atoms with Crippen molar-refractivity contribution in [3.05, 3.63) is 57.1 Å². The molecule has 3 rings (SSSR count). The minimum Gasteiger partial charge on any atom is -0.493 e. The zero-order chi connectivity index (χ0) is 15.7. The van der Waals surface area contributed by atoms with Gasteiger partial charge >= 0.3 is 0 Å². The summed E-state index contributed by atoms with van der Waals surface area (Å²) in [6.07, 6.45) is 0.944. The van der Waals surface area contributed by atoms with Crippen LogP contribution in [0.2, 0.25) is 0 Å². The first kappa shape index (κ1) is 15.4. The van der Waals surface area contributed by atoms with Gasteiger partial charge in [-0.05, 0) is 48.2 Å². The molecule has 0 radical (unpaired) electrons. The summed E-state index contributed by atoms with van der Waals surface area (Å²) in [6, 6.07) is 10.8. The highest BCUT2D eigenvalue weighted by atomic mass is 79.9. The van der Waals surface area contributed by atoms with Crippen LogP contribution in [0.5, 0.6) is 11.5 Å². The van der Waals surface area contributed by atoms with E-state index < -0.39 is 0 Å². The molecule has 2 aromatic carbocycles. The van der Waals surface area contributed by atoms with Crippen LogP contribution in [0.1, 0.15) is 28.3 Å². The first-order chi connectivity index (χ1) is 10.6. The third-order valence-corrected chi connectivity index (χ3v) is 4.57. The Morgan fingerprint density at radius 1 is 1.14 bits per heavy atom. The first-order valence-corrected chi connectivity index (χ1v) is 8.17. The fourth-order valence-electron chi connectivity index (χ4n) is 3.21. The number of methoxy groups -OCH3 is 2. The number of hydrogen-bond donors (Lipinski definition) is 1. The number of rotatable bonds is 3. The molecular formula is C18H20BrNO2. The Bertz CT molecular complexity index is 679. The van der Waals surface area contributed by atoms with Gasteiger partial charge in [0.05, 0.1) is 20.3 Å². The number of aryl methyl sites for hydroxylation is 1. The molecule has 0 spiro atoms. The van der Waals surface area contributed by atoms with Crippen LogP contribution in [0.25, 0.3) is 0 Å². The van der Waals surface area contributed by atoms with Crippen LogP contribution >= 0.6 is 15.9 Å². The average Bonchev–Trinajstić information content (AvgIpc) is 2.52. The predicted octanol–water partition coefficient (Wildman–Crippen LogP) is 4.01. The quantitative estimate of drug-likeness (QED) is 0.895. The number of benzene rings is 2. The molecule has 1 atom stereocenters. The molecule has 22 heavy (non-hydrogen) atoms. The Morgan fingerprint density at radius 3 is 2.64 bits per heavy atom. The Kier molecular flexibility index (Phi) is 4.41. The van der Waals surface area contributed by atoms with Gasteiger partial charge in [0.2, 0.25) is 0 Å². The van der Waals surface area contributed by atoms with E-state index in [1.54, 1.807) is 14.2 Å². The topological polar surface area (TPSA) is 30.5 Å². The molecule has 1 aliphatic heterocycles. The van der Waals surface area contributed by atoms with Crippen molar-refractivity contribution in [3.63, 3.8) is 0 Å². The average molecular weight is 362 g/mol. The fraction of sp³-hybridized carbons (Fsp3) is 0.333. The third kappa shape index (κ3) is 2.73. The number of ether oxygens (including phenoxy) is 2.